The van der Waals surface area contributed by atoms with Crippen molar-refractivity contribution >= 4 is 28.6 Å². The van der Waals surface area contributed by atoms with Crippen LogP contribution in [0.3, 0.4) is 0 Å². The Labute approximate surface area is 162 Å². The summed E-state index contributed by atoms with van der Waals surface area (Å²) in [5.41, 5.74) is 0.568. The lowest BCUT2D eigenvalue weighted by Gasteiger charge is -2.18. The third-order valence-corrected chi connectivity index (χ3v) is 5.17. The summed E-state index contributed by atoms with van der Waals surface area (Å²) in [7, 11) is 1.74. The van der Waals surface area contributed by atoms with E-state index in [2.05, 4.69) is 4.98 Å². The van der Waals surface area contributed by atoms with Crippen LogP contribution in [0.5, 0.6) is 0 Å². The molecule has 0 N–H and O–H groups in total. The van der Waals surface area contributed by atoms with Crippen LogP contribution >= 0.6 is 11.8 Å². The first-order valence-electron chi connectivity index (χ1n) is 8.80. The Morgan fingerprint density at radius 1 is 1.26 bits per heavy atom. The number of aryl methyl sites for hydroxylation is 1. The molecule has 0 spiro atoms. The second-order valence-electron chi connectivity index (χ2n) is 6.73. The fourth-order valence-corrected chi connectivity index (χ4v) is 3.88. The first kappa shape index (κ1) is 19.2. The summed E-state index contributed by atoms with van der Waals surface area (Å²) in [6, 6.07) is 11.0. The van der Waals surface area contributed by atoms with E-state index in [1.807, 2.05) is 51.1 Å². The lowest BCUT2D eigenvalue weighted by molar-refractivity contribution is -0.127. The van der Waals surface area contributed by atoms with Crippen LogP contribution in [0, 0.1) is 6.92 Å². The molecule has 0 saturated heterocycles. The summed E-state index contributed by atoms with van der Waals surface area (Å²) in [6.45, 7) is 6.16. The molecule has 0 atom stereocenters. The molecule has 7 heteroatoms. The molecule has 2 heterocycles. The van der Waals surface area contributed by atoms with Crippen LogP contribution in [0.25, 0.3) is 10.9 Å². The maximum absolute atomic E-state index is 12.8. The molecule has 1 aromatic carbocycles. The van der Waals surface area contributed by atoms with Gasteiger partial charge in [-0.2, -0.15) is 0 Å². The topological polar surface area (TPSA) is 68.3 Å². The number of carbonyl (C=O) groups excluding carboxylic acids is 1. The molecule has 3 rings (SSSR count). The largest absolute Gasteiger partial charge is 0.464 e. The normalized spacial score (nSPS) is 11.3. The van der Waals surface area contributed by atoms with Gasteiger partial charge in [0.05, 0.1) is 23.2 Å². The quantitative estimate of drug-likeness (QED) is 0.479. The molecular weight excluding hydrogens is 362 g/mol. The van der Waals surface area contributed by atoms with Crippen molar-refractivity contribution in [3.8, 4) is 0 Å². The lowest BCUT2D eigenvalue weighted by atomic mass is 10.2. The third-order valence-electron chi connectivity index (χ3n) is 4.23. The average Bonchev–Trinajstić information content (AvgIpc) is 3.04. The van der Waals surface area contributed by atoms with Crippen molar-refractivity contribution in [1.82, 2.24) is 14.5 Å². The molecule has 0 aliphatic rings. The lowest BCUT2D eigenvalue weighted by Crippen LogP contribution is -2.29. The smallest absolute Gasteiger partial charge is 0.262 e. The molecule has 142 valence electrons. The van der Waals surface area contributed by atoms with E-state index in [0.29, 0.717) is 22.6 Å². The zero-order chi connectivity index (χ0) is 19.6. The van der Waals surface area contributed by atoms with Crippen LogP contribution in [0.15, 0.2) is 50.8 Å². The number of amides is 1. The van der Waals surface area contributed by atoms with Crippen LogP contribution in [0.4, 0.5) is 0 Å². The SMILES string of the molecule is Cc1ccc(CN(C)C(=O)CSc2nc3ccccc3c(=O)n2C(C)C)o1. The van der Waals surface area contributed by atoms with E-state index in [9.17, 15) is 9.59 Å². The Bertz CT molecular complexity index is 1020. The number of hydrogen-bond acceptors (Lipinski definition) is 5. The first-order valence-corrected chi connectivity index (χ1v) is 9.78. The number of fused-ring (bicyclic) bond motifs is 1. The van der Waals surface area contributed by atoms with E-state index in [1.54, 1.807) is 22.6 Å². The van der Waals surface area contributed by atoms with Gasteiger partial charge in [-0.05, 0) is 45.0 Å². The highest BCUT2D eigenvalue weighted by Crippen LogP contribution is 2.21. The molecule has 1 amide bonds. The van der Waals surface area contributed by atoms with Crippen molar-refractivity contribution in [2.24, 2.45) is 0 Å². The number of furan rings is 1. The standard InChI is InChI=1S/C20H23N3O3S/c1-13(2)23-19(25)16-7-5-6-8-17(16)21-20(23)27-12-18(24)22(4)11-15-10-9-14(3)26-15/h5-10,13H,11-12H2,1-4H3. The third kappa shape index (κ3) is 4.24. The van der Waals surface area contributed by atoms with Crippen molar-refractivity contribution in [2.75, 3.05) is 12.8 Å². The van der Waals surface area contributed by atoms with Crippen molar-refractivity contribution < 1.29 is 9.21 Å². The molecule has 2 aromatic heterocycles. The minimum absolute atomic E-state index is 0.0453. The summed E-state index contributed by atoms with van der Waals surface area (Å²) in [4.78, 5) is 31.5. The van der Waals surface area contributed by atoms with Gasteiger partial charge in [0.15, 0.2) is 5.16 Å². The van der Waals surface area contributed by atoms with Crippen LogP contribution in [-0.2, 0) is 11.3 Å². The highest BCUT2D eigenvalue weighted by atomic mass is 32.2. The van der Waals surface area contributed by atoms with Gasteiger partial charge in [-0.25, -0.2) is 4.98 Å². The second kappa shape index (κ2) is 8.00. The minimum Gasteiger partial charge on any atom is -0.464 e. The van der Waals surface area contributed by atoms with Gasteiger partial charge in [-0.3, -0.25) is 14.2 Å². The van der Waals surface area contributed by atoms with Crippen molar-refractivity contribution in [3.05, 3.63) is 58.3 Å². The molecule has 0 aliphatic heterocycles. The molecule has 0 fully saturated rings. The Hall–Kier alpha value is -2.54. The Balaban J connectivity index is 1.78. The van der Waals surface area contributed by atoms with E-state index in [0.717, 1.165) is 11.5 Å². The van der Waals surface area contributed by atoms with E-state index < -0.39 is 0 Å². The van der Waals surface area contributed by atoms with E-state index in [-0.39, 0.29) is 23.3 Å². The maximum Gasteiger partial charge on any atom is 0.262 e. The van der Waals surface area contributed by atoms with Crippen molar-refractivity contribution in [1.29, 1.82) is 0 Å². The number of rotatable bonds is 6. The van der Waals surface area contributed by atoms with Crippen LogP contribution < -0.4 is 5.56 Å². The number of para-hydroxylation sites is 1. The zero-order valence-electron chi connectivity index (χ0n) is 15.9. The predicted octanol–water partition coefficient (Wildman–Crippen LogP) is 3.63. The van der Waals surface area contributed by atoms with Crippen LogP contribution in [0.2, 0.25) is 0 Å². The Morgan fingerprint density at radius 3 is 2.67 bits per heavy atom. The maximum atomic E-state index is 12.8. The van der Waals surface area contributed by atoms with Gasteiger partial charge >= 0.3 is 0 Å². The van der Waals surface area contributed by atoms with E-state index in [4.69, 9.17) is 4.42 Å². The average molecular weight is 385 g/mol. The number of thioether (sulfide) groups is 1. The minimum atomic E-state index is -0.0787. The van der Waals surface area contributed by atoms with E-state index >= 15 is 0 Å². The second-order valence-corrected chi connectivity index (χ2v) is 7.67. The van der Waals surface area contributed by atoms with Gasteiger partial charge in [-0.15, -0.1) is 0 Å². The van der Waals surface area contributed by atoms with Crippen molar-refractivity contribution in [2.45, 2.75) is 38.5 Å². The highest BCUT2D eigenvalue weighted by Gasteiger charge is 2.17. The van der Waals surface area contributed by atoms with Crippen molar-refractivity contribution in [3.63, 3.8) is 0 Å². The van der Waals surface area contributed by atoms with Gasteiger partial charge in [0, 0.05) is 13.1 Å². The van der Waals surface area contributed by atoms with Gasteiger partial charge < -0.3 is 9.32 Å². The summed E-state index contributed by atoms with van der Waals surface area (Å²) < 4.78 is 7.17. The molecule has 6 nitrogen and oxygen atoms in total. The van der Waals surface area contributed by atoms with Gasteiger partial charge in [0.25, 0.3) is 5.56 Å². The molecule has 0 unspecified atom stereocenters. The molecule has 27 heavy (non-hydrogen) atoms. The van der Waals surface area contributed by atoms with Crippen LogP contribution in [-0.4, -0.2) is 33.2 Å². The van der Waals surface area contributed by atoms with Gasteiger partial charge in [-0.1, -0.05) is 23.9 Å². The fourth-order valence-electron chi connectivity index (χ4n) is 2.81. The summed E-state index contributed by atoms with van der Waals surface area (Å²) in [5, 5.41) is 1.15. The molecule has 0 bridgehead atoms. The number of hydrogen-bond donors (Lipinski definition) is 0. The number of benzene rings is 1. The molecule has 0 saturated carbocycles. The Kier molecular flexibility index (Phi) is 5.70. The molecule has 0 radical (unpaired) electrons. The molecule has 0 aliphatic carbocycles. The van der Waals surface area contributed by atoms with Gasteiger partial charge in [0.2, 0.25) is 5.91 Å². The fraction of sp³-hybridized carbons (Fsp3) is 0.350. The predicted molar refractivity (Wildman–Crippen MR) is 107 cm³/mol. The van der Waals surface area contributed by atoms with Crippen LogP contribution in [0.1, 0.15) is 31.4 Å². The monoisotopic (exact) mass is 385 g/mol. The first-order chi connectivity index (χ1) is 12.9. The zero-order valence-corrected chi connectivity index (χ0v) is 16.7. The Morgan fingerprint density at radius 2 is 2.00 bits per heavy atom. The summed E-state index contributed by atoms with van der Waals surface area (Å²) >= 11 is 1.29. The summed E-state index contributed by atoms with van der Waals surface area (Å²) in [5.74, 6) is 1.72. The highest BCUT2D eigenvalue weighted by molar-refractivity contribution is 7.99. The summed E-state index contributed by atoms with van der Waals surface area (Å²) in [6.07, 6.45) is 0. The van der Waals surface area contributed by atoms with Gasteiger partial charge in [0.1, 0.15) is 11.5 Å². The number of nitrogens with zero attached hydrogens (tertiary/aromatic N) is 3. The molecular formula is C20H23N3O3S. The number of aromatic nitrogens is 2. The van der Waals surface area contributed by atoms with E-state index in [1.165, 1.54) is 11.8 Å². The number of carbonyl (C=O) groups is 1. The molecule has 3 aromatic rings.